The first kappa shape index (κ1) is 22.6. The van der Waals surface area contributed by atoms with Crippen molar-refractivity contribution in [3.8, 4) is 0 Å². The lowest BCUT2D eigenvalue weighted by atomic mass is 9.53. The summed E-state index contributed by atoms with van der Waals surface area (Å²) in [7, 11) is -1.70. The molecule has 0 N–H and O–H groups in total. The second kappa shape index (κ2) is 7.76. The summed E-state index contributed by atoms with van der Waals surface area (Å²) in [6, 6.07) is 0. The van der Waals surface area contributed by atoms with Gasteiger partial charge in [-0.25, -0.2) is 0 Å². The number of rotatable bonds is 3. The van der Waals surface area contributed by atoms with Gasteiger partial charge >= 0.3 is 5.97 Å². The Hall–Kier alpha value is -0.613. The molecule has 0 saturated heterocycles. The van der Waals surface area contributed by atoms with Gasteiger partial charge in [0.05, 0.1) is 0 Å². The minimum Gasteiger partial charge on any atom is -0.462 e. The molecule has 6 unspecified atom stereocenters. The van der Waals surface area contributed by atoms with Crippen molar-refractivity contribution in [3.63, 3.8) is 0 Å². The van der Waals surface area contributed by atoms with E-state index >= 15 is 0 Å². The van der Waals surface area contributed by atoms with Crippen molar-refractivity contribution >= 4 is 14.3 Å². The summed E-state index contributed by atoms with van der Waals surface area (Å²) in [4.78, 5) is 11.6. The molecule has 0 amide bonds. The molecule has 0 radical (unpaired) electrons. The van der Waals surface area contributed by atoms with Gasteiger partial charge in [-0.3, -0.25) is 4.79 Å². The normalized spacial score (nSPS) is 41.4. The van der Waals surface area contributed by atoms with Crippen molar-refractivity contribution in [1.29, 1.82) is 0 Å². The first-order chi connectivity index (χ1) is 13.9. The van der Waals surface area contributed by atoms with Gasteiger partial charge in [0.15, 0.2) is 8.32 Å². The van der Waals surface area contributed by atoms with Crippen LogP contribution in [0.4, 0.5) is 0 Å². The summed E-state index contributed by atoms with van der Waals surface area (Å²) in [5, 5.41) is 0.282. The highest BCUT2D eigenvalue weighted by atomic mass is 28.4. The highest BCUT2D eigenvalue weighted by Crippen LogP contribution is 2.62. The Morgan fingerprint density at radius 3 is 2.50 bits per heavy atom. The van der Waals surface area contributed by atoms with Gasteiger partial charge in [0.25, 0.3) is 0 Å². The van der Waals surface area contributed by atoms with Crippen LogP contribution >= 0.6 is 0 Å². The van der Waals surface area contributed by atoms with Crippen LogP contribution in [0.2, 0.25) is 18.1 Å². The van der Waals surface area contributed by atoms with Gasteiger partial charge in [0, 0.05) is 18.4 Å². The van der Waals surface area contributed by atoms with Crippen molar-refractivity contribution in [1.82, 2.24) is 0 Å². The molecule has 4 aliphatic carbocycles. The Kier molecular flexibility index (Phi) is 5.84. The predicted octanol–water partition coefficient (Wildman–Crippen LogP) is 6.88. The molecular weight excluding hydrogens is 388 g/mol. The third-order valence-corrected chi connectivity index (χ3v) is 14.4. The van der Waals surface area contributed by atoms with Crippen LogP contribution in [0.1, 0.15) is 86.0 Å². The maximum absolute atomic E-state index is 11.6. The third kappa shape index (κ3) is 3.85. The average Bonchev–Trinajstić information content (AvgIpc) is 2.96. The number of ether oxygens (including phenoxy) is 1. The standard InChI is InChI=1S/C26H44O3Si/c1-17(27)28-24-13-12-23-22-10-8-18-16-19(29-30(6,7)25(2,3)4)9-11-20(18)21(22)14-15-26(23,24)5/h8,19-24H,9-16H2,1-7H3/t19?,20?,21?,22?,23?,24?,26-/m0/s1. The molecule has 0 heterocycles. The fraction of sp³-hybridized carbons (Fsp3) is 0.885. The van der Waals surface area contributed by atoms with Crippen LogP contribution in [-0.2, 0) is 14.0 Å². The van der Waals surface area contributed by atoms with Crippen molar-refractivity contribution in [3.05, 3.63) is 11.6 Å². The van der Waals surface area contributed by atoms with E-state index in [1.165, 1.54) is 44.9 Å². The molecule has 4 heteroatoms. The number of carbonyl (C=O) groups is 1. The number of fused-ring (bicyclic) bond motifs is 5. The lowest BCUT2D eigenvalue weighted by Gasteiger charge is -2.53. The molecular formula is C26H44O3Si. The van der Waals surface area contributed by atoms with Crippen molar-refractivity contribution in [2.75, 3.05) is 0 Å². The second-order valence-corrected chi connectivity index (χ2v) is 17.3. The molecule has 3 saturated carbocycles. The number of esters is 1. The molecule has 3 fully saturated rings. The van der Waals surface area contributed by atoms with E-state index in [1.807, 2.05) is 0 Å². The molecule has 3 nitrogen and oxygen atoms in total. The average molecular weight is 433 g/mol. The van der Waals surface area contributed by atoms with Gasteiger partial charge in [-0.05, 0) is 93.2 Å². The Bertz CT molecular complexity index is 706. The molecule has 4 aliphatic rings. The van der Waals surface area contributed by atoms with E-state index in [0.717, 1.165) is 30.1 Å². The fourth-order valence-corrected chi connectivity index (χ4v) is 8.66. The largest absolute Gasteiger partial charge is 0.462 e. The van der Waals surface area contributed by atoms with Crippen molar-refractivity contribution < 1.29 is 14.0 Å². The highest BCUT2D eigenvalue weighted by Gasteiger charge is 2.57. The summed E-state index contributed by atoms with van der Waals surface area (Å²) in [5.41, 5.74) is 1.91. The monoisotopic (exact) mass is 432 g/mol. The van der Waals surface area contributed by atoms with Gasteiger partial charge in [-0.1, -0.05) is 39.3 Å². The van der Waals surface area contributed by atoms with Gasteiger partial charge < -0.3 is 9.16 Å². The van der Waals surface area contributed by atoms with E-state index in [4.69, 9.17) is 9.16 Å². The van der Waals surface area contributed by atoms with Crippen LogP contribution in [0.15, 0.2) is 11.6 Å². The molecule has 0 aromatic carbocycles. The first-order valence-electron chi connectivity index (χ1n) is 12.5. The number of hydrogen-bond acceptors (Lipinski definition) is 3. The lowest BCUT2D eigenvalue weighted by molar-refractivity contribution is -0.155. The molecule has 0 bridgehead atoms. The predicted molar refractivity (Wildman–Crippen MR) is 125 cm³/mol. The van der Waals surface area contributed by atoms with Crippen LogP contribution in [0.3, 0.4) is 0 Å². The third-order valence-electron chi connectivity index (χ3n) is 9.89. The minimum atomic E-state index is -1.70. The lowest BCUT2D eigenvalue weighted by Crippen LogP contribution is -2.49. The maximum atomic E-state index is 11.6. The van der Waals surface area contributed by atoms with Crippen LogP contribution < -0.4 is 0 Å². The Morgan fingerprint density at radius 1 is 1.10 bits per heavy atom. The Balaban J connectivity index is 1.46. The summed E-state index contributed by atoms with van der Waals surface area (Å²) in [6.07, 6.45) is 13.0. The van der Waals surface area contributed by atoms with Gasteiger partial charge in [-0.15, -0.1) is 0 Å². The molecule has 4 rings (SSSR count). The van der Waals surface area contributed by atoms with Crippen LogP contribution in [0, 0.1) is 29.1 Å². The van der Waals surface area contributed by atoms with E-state index in [9.17, 15) is 4.79 Å². The quantitative estimate of drug-likeness (QED) is 0.277. The minimum absolute atomic E-state index is 0.102. The number of carbonyl (C=O) groups excluding carboxylic acids is 1. The smallest absolute Gasteiger partial charge is 0.302 e. The second-order valence-electron chi connectivity index (χ2n) is 12.6. The maximum Gasteiger partial charge on any atom is 0.302 e. The Morgan fingerprint density at radius 2 is 1.83 bits per heavy atom. The summed E-state index contributed by atoms with van der Waals surface area (Å²) < 4.78 is 12.6. The molecule has 0 aromatic heterocycles. The van der Waals surface area contributed by atoms with Crippen LogP contribution in [0.25, 0.3) is 0 Å². The van der Waals surface area contributed by atoms with Crippen molar-refractivity contribution in [2.45, 2.75) is 116 Å². The van der Waals surface area contributed by atoms with Crippen molar-refractivity contribution in [2.24, 2.45) is 29.1 Å². The van der Waals surface area contributed by atoms with Crippen LogP contribution in [-0.4, -0.2) is 26.5 Å². The molecule has 7 atom stereocenters. The molecule has 0 spiro atoms. The van der Waals surface area contributed by atoms with E-state index in [1.54, 1.807) is 12.5 Å². The Labute approximate surface area is 185 Å². The van der Waals surface area contributed by atoms with E-state index < -0.39 is 8.32 Å². The molecule has 30 heavy (non-hydrogen) atoms. The molecule has 0 aromatic rings. The van der Waals surface area contributed by atoms with E-state index in [-0.39, 0.29) is 22.5 Å². The molecule has 0 aliphatic heterocycles. The van der Waals surface area contributed by atoms with Gasteiger partial charge in [0.1, 0.15) is 6.10 Å². The summed E-state index contributed by atoms with van der Waals surface area (Å²) >= 11 is 0. The zero-order valence-electron chi connectivity index (χ0n) is 20.4. The van der Waals surface area contributed by atoms with Gasteiger partial charge in [-0.2, -0.15) is 0 Å². The topological polar surface area (TPSA) is 35.5 Å². The fourth-order valence-electron chi connectivity index (χ4n) is 7.27. The summed E-state index contributed by atoms with van der Waals surface area (Å²) in [6.45, 7) is 15.8. The number of hydrogen-bond donors (Lipinski definition) is 0. The SMILES string of the molecule is CC(=O)OC1CCC2C3CC=C4CC(O[Si](C)(C)C(C)(C)C)CCC4C3CC[C@]12C. The van der Waals surface area contributed by atoms with Crippen LogP contribution in [0.5, 0.6) is 0 Å². The zero-order chi connectivity index (χ0) is 21.9. The summed E-state index contributed by atoms with van der Waals surface area (Å²) in [5.74, 6) is 3.03. The van der Waals surface area contributed by atoms with E-state index in [0.29, 0.717) is 6.10 Å². The highest BCUT2D eigenvalue weighted by molar-refractivity contribution is 6.74. The number of allylic oxidation sites excluding steroid dienone is 1. The first-order valence-corrected chi connectivity index (χ1v) is 15.4. The van der Waals surface area contributed by atoms with Gasteiger partial charge in [0.2, 0.25) is 0 Å². The van der Waals surface area contributed by atoms with E-state index in [2.05, 4.69) is 46.9 Å². The molecule has 170 valence electrons. The zero-order valence-corrected chi connectivity index (χ0v) is 21.4.